The van der Waals surface area contributed by atoms with E-state index in [1.807, 2.05) is 18.2 Å². The topological polar surface area (TPSA) is 96.4 Å². The maximum absolute atomic E-state index is 12.3. The Hall–Kier alpha value is -2.22. The molecule has 28 heavy (non-hydrogen) atoms. The lowest BCUT2D eigenvalue weighted by molar-refractivity contribution is -0.0136. The van der Waals surface area contributed by atoms with Gasteiger partial charge in [-0.2, -0.15) is 0 Å². The molecule has 2 aromatic rings. The molecule has 7 nitrogen and oxygen atoms in total. The van der Waals surface area contributed by atoms with Crippen molar-refractivity contribution >= 4 is 23.5 Å². The molecule has 0 radical (unpaired) electrons. The molecule has 5 rings (SSSR count). The second-order valence-corrected chi connectivity index (χ2v) is 8.13. The van der Waals surface area contributed by atoms with Gasteiger partial charge in [-0.3, -0.25) is 4.79 Å². The molecule has 3 heterocycles. The molecule has 3 aliphatic rings. The molecular formula is C20H21ClN4O3. The maximum Gasteiger partial charge on any atom is 0.252 e. The Kier molecular flexibility index (Phi) is 4.26. The van der Waals surface area contributed by atoms with Crippen LogP contribution in [-0.2, 0) is 10.3 Å². The first kappa shape index (κ1) is 17.8. The van der Waals surface area contributed by atoms with Gasteiger partial charge in [0.2, 0.25) is 5.95 Å². The standard InChI is InChI=1S/C20H21ClN4O3/c21-14-9-22-19(23-15-4-7-28-10-16(15)26)24-17(14)11-2-3-12-13(8-11)20(5-1-6-20)25-18(12)27/h2-3,8-9,15-16,26H,1,4-7,10H2,(H,25,27)(H,22,23,24)/t15-,16-/m0/s1. The molecule has 2 atom stereocenters. The Morgan fingerprint density at radius 2 is 2.21 bits per heavy atom. The van der Waals surface area contributed by atoms with Crippen molar-refractivity contribution in [3.63, 3.8) is 0 Å². The number of aliphatic hydroxyl groups is 1. The smallest absolute Gasteiger partial charge is 0.252 e. The number of anilines is 1. The van der Waals surface area contributed by atoms with Crippen LogP contribution in [0, 0.1) is 0 Å². The number of hydrogen-bond acceptors (Lipinski definition) is 6. The predicted octanol–water partition coefficient (Wildman–Crippen LogP) is 2.48. The molecule has 8 heteroatoms. The first-order valence-electron chi connectivity index (χ1n) is 9.58. The van der Waals surface area contributed by atoms with Gasteiger partial charge in [0.1, 0.15) is 0 Å². The van der Waals surface area contributed by atoms with Gasteiger partial charge in [-0.15, -0.1) is 0 Å². The number of carbonyl (C=O) groups is 1. The van der Waals surface area contributed by atoms with E-state index in [-0.39, 0.29) is 17.5 Å². The zero-order valence-corrected chi connectivity index (χ0v) is 16.0. The summed E-state index contributed by atoms with van der Waals surface area (Å²) in [5, 5.41) is 16.9. The molecule has 1 aliphatic carbocycles. The number of benzene rings is 1. The van der Waals surface area contributed by atoms with E-state index in [1.165, 1.54) is 0 Å². The van der Waals surface area contributed by atoms with E-state index in [0.717, 1.165) is 36.0 Å². The Labute approximate surface area is 167 Å². The Morgan fingerprint density at radius 3 is 2.96 bits per heavy atom. The van der Waals surface area contributed by atoms with Crippen LogP contribution in [0.15, 0.2) is 24.4 Å². The molecule has 1 aromatic carbocycles. The van der Waals surface area contributed by atoms with E-state index < -0.39 is 6.10 Å². The van der Waals surface area contributed by atoms with Crippen LogP contribution in [0.3, 0.4) is 0 Å². The van der Waals surface area contributed by atoms with Gasteiger partial charge in [0.15, 0.2) is 0 Å². The zero-order chi connectivity index (χ0) is 19.3. The third-order valence-electron chi connectivity index (χ3n) is 6.00. The van der Waals surface area contributed by atoms with Crippen LogP contribution in [0.5, 0.6) is 0 Å². The largest absolute Gasteiger partial charge is 0.389 e. The fraction of sp³-hybridized carbons (Fsp3) is 0.450. The first-order chi connectivity index (χ1) is 13.6. The Bertz CT molecular complexity index is 947. The van der Waals surface area contributed by atoms with E-state index >= 15 is 0 Å². The van der Waals surface area contributed by atoms with Crippen molar-refractivity contribution in [3.05, 3.63) is 40.5 Å². The van der Waals surface area contributed by atoms with Crippen LogP contribution < -0.4 is 10.6 Å². The molecule has 2 fully saturated rings. The van der Waals surface area contributed by atoms with Gasteiger partial charge in [0.05, 0.1) is 41.2 Å². The highest BCUT2D eigenvalue weighted by Crippen LogP contribution is 2.47. The minimum Gasteiger partial charge on any atom is -0.389 e. The SMILES string of the molecule is O=C1NC2(CCC2)c2cc(-c3nc(N[C@H]4CCOC[C@@H]4O)ncc3Cl)ccc21. The van der Waals surface area contributed by atoms with Crippen LogP contribution in [0.2, 0.25) is 5.02 Å². The van der Waals surface area contributed by atoms with E-state index in [9.17, 15) is 9.90 Å². The van der Waals surface area contributed by atoms with Crippen LogP contribution in [0.1, 0.15) is 41.6 Å². The summed E-state index contributed by atoms with van der Waals surface area (Å²) in [5.41, 5.74) is 3.00. The summed E-state index contributed by atoms with van der Waals surface area (Å²) in [7, 11) is 0. The van der Waals surface area contributed by atoms with Crippen LogP contribution in [-0.4, -0.2) is 46.3 Å². The summed E-state index contributed by atoms with van der Waals surface area (Å²) in [4.78, 5) is 21.1. The molecule has 1 saturated carbocycles. The fourth-order valence-corrected chi connectivity index (χ4v) is 4.46. The second kappa shape index (κ2) is 6.69. The molecule has 1 amide bonds. The molecule has 1 saturated heterocycles. The van der Waals surface area contributed by atoms with E-state index in [1.54, 1.807) is 6.20 Å². The van der Waals surface area contributed by atoms with Crippen molar-refractivity contribution in [1.29, 1.82) is 0 Å². The maximum atomic E-state index is 12.3. The number of nitrogens with one attached hydrogen (secondary N) is 2. The van der Waals surface area contributed by atoms with Crippen molar-refractivity contribution in [3.8, 4) is 11.3 Å². The summed E-state index contributed by atoms with van der Waals surface area (Å²) < 4.78 is 5.26. The number of aliphatic hydroxyl groups excluding tert-OH is 1. The van der Waals surface area contributed by atoms with Crippen molar-refractivity contribution < 1.29 is 14.6 Å². The fourth-order valence-electron chi connectivity index (χ4n) is 4.26. The highest BCUT2D eigenvalue weighted by molar-refractivity contribution is 6.32. The van der Waals surface area contributed by atoms with Gasteiger partial charge in [-0.25, -0.2) is 9.97 Å². The predicted molar refractivity (Wildman–Crippen MR) is 104 cm³/mol. The average Bonchev–Trinajstić information content (AvgIpc) is 2.98. The second-order valence-electron chi connectivity index (χ2n) is 7.72. The minimum absolute atomic E-state index is 0.00843. The molecule has 1 spiro atoms. The molecule has 3 N–H and O–H groups in total. The lowest BCUT2D eigenvalue weighted by Crippen LogP contribution is -2.45. The van der Waals surface area contributed by atoms with Crippen molar-refractivity contribution in [2.45, 2.75) is 43.4 Å². The van der Waals surface area contributed by atoms with Crippen LogP contribution >= 0.6 is 11.6 Å². The summed E-state index contributed by atoms with van der Waals surface area (Å²) in [6.45, 7) is 0.884. The number of rotatable bonds is 3. The van der Waals surface area contributed by atoms with Crippen molar-refractivity contribution in [2.75, 3.05) is 18.5 Å². The molecule has 0 bridgehead atoms. The number of fused-ring (bicyclic) bond motifs is 2. The summed E-state index contributed by atoms with van der Waals surface area (Å²) >= 11 is 6.40. The molecule has 0 unspecified atom stereocenters. The summed E-state index contributed by atoms with van der Waals surface area (Å²) in [6, 6.07) is 5.58. The normalized spacial score (nSPS) is 25.1. The van der Waals surface area contributed by atoms with Gasteiger partial charge in [-0.05, 0) is 43.4 Å². The lowest BCUT2D eigenvalue weighted by Gasteiger charge is -2.39. The molecule has 146 valence electrons. The quantitative estimate of drug-likeness (QED) is 0.732. The van der Waals surface area contributed by atoms with Gasteiger partial charge in [0.25, 0.3) is 5.91 Å². The Balaban J connectivity index is 1.48. The molecular weight excluding hydrogens is 380 g/mol. The van der Waals surface area contributed by atoms with E-state index in [2.05, 4.69) is 20.6 Å². The van der Waals surface area contributed by atoms with E-state index in [0.29, 0.717) is 36.3 Å². The first-order valence-corrected chi connectivity index (χ1v) is 9.96. The molecule has 2 aliphatic heterocycles. The highest BCUT2D eigenvalue weighted by atomic mass is 35.5. The Morgan fingerprint density at radius 1 is 1.36 bits per heavy atom. The number of amides is 1. The zero-order valence-electron chi connectivity index (χ0n) is 15.2. The average molecular weight is 401 g/mol. The van der Waals surface area contributed by atoms with Crippen molar-refractivity contribution in [1.82, 2.24) is 15.3 Å². The van der Waals surface area contributed by atoms with Gasteiger partial charge in [0, 0.05) is 17.7 Å². The highest BCUT2D eigenvalue weighted by Gasteiger charge is 2.47. The van der Waals surface area contributed by atoms with Crippen LogP contribution in [0.4, 0.5) is 5.95 Å². The van der Waals surface area contributed by atoms with Gasteiger partial charge < -0.3 is 20.5 Å². The number of carbonyl (C=O) groups excluding carboxylic acids is 1. The number of hydrogen-bond donors (Lipinski definition) is 3. The number of aromatic nitrogens is 2. The lowest BCUT2D eigenvalue weighted by atomic mass is 9.72. The summed E-state index contributed by atoms with van der Waals surface area (Å²) in [6.07, 6.45) is 4.67. The summed E-state index contributed by atoms with van der Waals surface area (Å²) in [5.74, 6) is 0.407. The number of ether oxygens (including phenoxy) is 1. The third kappa shape index (κ3) is 2.85. The number of halogens is 1. The third-order valence-corrected chi connectivity index (χ3v) is 6.27. The van der Waals surface area contributed by atoms with Crippen molar-refractivity contribution in [2.24, 2.45) is 0 Å². The number of nitrogens with zero attached hydrogens (tertiary/aromatic N) is 2. The van der Waals surface area contributed by atoms with Gasteiger partial charge >= 0.3 is 0 Å². The van der Waals surface area contributed by atoms with E-state index in [4.69, 9.17) is 16.3 Å². The van der Waals surface area contributed by atoms with Crippen LogP contribution in [0.25, 0.3) is 11.3 Å². The minimum atomic E-state index is -0.605. The molecule has 1 aromatic heterocycles. The van der Waals surface area contributed by atoms with Gasteiger partial charge in [-0.1, -0.05) is 17.7 Å². The monoisotopic (exact) mass is 400 g/mol.